The van der Waals surface area contributed by atoms with E-state index in [1.54, 1.807) is 12.1 Å². The Morgan fingerprint density at radius 1 is 0.906 bits per heavy atom. The molecule has 3 rings (SSSR count). The molecule has 8 heteroatoms. The Balaban J connectivity index is 0.000000309. The van der Waals surface area contributed by atoms with Gasteiger partial charge in [0.25, 0.3) is 0 Å². The summed E-state index contributed by atoms with van der Waals surface area (Å²) < 4.78 is 10.4. The van der Waals surface area contributed by atoms with E-state index in [4.69, 9.17) is 20.3 Å². The summed E-state index contributed by atoms with van der Waals surface area (Å²) in [5, 5.41) is 2.59. The number of amides is 1. The van der Waals surface area contributed by atoms with Crippen LogP contribution in [0.4, 0.5) is 5.69 Å². The van der Waals surface area contributed by atoms with Gasteiger partial charge in [-0.15, -0.1) is 0 Å². The van der Waals surface area contributed by atoms with Crippen LogP contribution in [-0.2, 0) is 9.32 Å². The first-order chi connectivity index (χ1) is 15.3. The van der Waals surface area contributed by atoms with Crippen molar-refractivity contribution >= 4 is 20.7 Å². The van der Waals surface area contributed by atoms with Crippen molar-refractivity contribution in [3.05, 3.63) is 78.9 Å². The van der Waals surface area contributed by atoms with Gasteiger partial charge in [-0.3, -0.25) is 4.79 Å². The molecule has 0 unspecified atom stereocenters. The summed E-state index contributed by atoms with van der Waals surface area (Å²) in [6.45, 7) is 4.54. The highest BCUT2D eigenvalue weighted by Crippen LogP contribution is 2.28. The van der Waals surface area contributed by atoms with Gasteiger partial charge in [0.2, 0.25) is 6.41 Å². The molecular formula is C24H29N2O5P. The van der Waals surface area contributed by atoms with Gasteiger partial charge >= 0.3 is 8.60 Å². The molecule has 0 saturated heterocycles. The van der Waals surface area contributed by atoms with Gasteiger partial charge in [0, 0.05) is 11.1 Å². The Labute approximate surface area is 189 Å². The minimum atomic E-state index is -2.23. The summed E-state index contributed by atoms with van der Waals surface area (Å²) in [7, 11) is -2.23. The number of nitrogens with one attached hydrogen (secondary N) is 1. The van der Waals surface area contributed by atoms with E-state index in [2.05, 4.69) is 22.0 Å². The van der Waals surface area contributed by atoms with Gasteiger partial charge in [-0.1, -0.05) is 56.3 Å². The van der Waals surface area contributed by atoms with Crippen LogP contribution in [0.3, 0.4) is 0 Å². The van der Waals surface area contributed by atoms with E-state index in [1.807, 2.05) is 68.4 Å². The number of hydrogen-bond acceptors (Lipinski definition) is 6. The first-order valence-electron chi connectivity index (χ1n) is 9.97. The lowest BCUT2D eigenvalue weighted by Gasteiger charge is -2.21. The molecule has 5 N–H and O–H groups in total. The largest absolute Gasteiger partial charge is 0.457 e. The molecule has 0 atom stereocenters. The summed E-state index contributed by atoms with van der Waals surface area (Å²) in [6, 6.07) is 25.4. The minimum absolute atomic E-state index is 0.175. The highest BCUT2D eigenvalue weighted by molar-refractivity contribution is 7.39. The molecule has 0 aliphatic carbocycles. The summed E-state index contributed by atoms with van der Waals surface area (Å²) in [5.74, 6) is 1.50. The number of hydrogen-bond donors (Lipinski definition) is 4. The summed E-state index contributed by atoms with van der Waals surface area (Å²) in [4.78, 5) is 27.1. The second kappa shape index (κ2) is 12.9. The van der Waals surface area contributed by atoms with Crippen LogP contribution in [-0.4, -0.2) is 29.3 Å². The third kappa shape index (κ3) is 9.14. The van der Waals surface area contributed by atoms with Crippen LogP contribution in [0.2, 0.25) is 0 Å². The number of carbonyl (C=O) groups is 1. The lowest BCUT2D eigenvalue weighted by Crippen LogP contribution is -2.28. The number of ether oxygens (including phenoxy) is 1. The summed E-state index contributed by atoms with van der Waals surface area (Å²) in [6.07, 6.45) is 0.651. The second-order valence-electron chi connectivity index (χ2n) is 7.67. The van der Waals surface area contributed by atoms with Crippen molar-refractivity contribution in [2.24, 2.45) is 11.1 Å². The topological polar surface area (TPSA) is 114 Å². The van der Waals surface area contributed by atoms with E-state index in [0.29, 0.717) is 13.0 Å². The zero-order chi connectivity index (χ0) is 23.4. The molecule has 0 spiro atoms. The van der Waals surface area contributed by atoms with Crippen molar-refractivity contribution in [3.63, 3.8) is 0 Å². The highest BCUT2D eigenvalue weighted by Gasteiger charge is 2.17. The number of benzene rings is 3. The number of anilines is 1. The van der Waals surface area contributed by atoms with E-state index in [0.717, 1.165) is 22.7 Å². The zero-order valence-corrected chi connectivity index (χ0v) is 19.0. The van der Waals surface area contributed by atoms with Gasteiger partial charge in [0.05, 0.1) is 6.61 Å². The molecular weight excluding hydrogens is 427 g/mol. The summed E-state index contributed by atoms with van der Waals surface area (Å²) >= 11 is 0. The maximum Gasteiger partial charge on any atom is 0.327 e. The lowest BCUT2D eigenvalue weighted by molar-refractivity contribution is -0.105. The molecule has 7 nitrogen and oxygen atoms in total. The Hall–Kier alpha value is -2.80. The zero-order valence-electron chi connectivity index (χ0n) is 18.1. The fraction of sp³-hybridized carbons (Fsp3) is 0.208. The van der Waals surface area contributed by atoms with Crippen LogP contribution >= 0.6 is 8.60 Å². The van der Waals surface area contributed by atoms with Crippen LogP contribution in [0.15, 0.2) is 78.9 Å². The smallest absolute Gasteiger partial charge is 0.327 e. The average Bonchev–Trinajstić information content (AvgIpc) is 2.81. The third-order valence-corrected chi connectivity index (χ3v) is 4.76. The van der Waals surface area contributed by atoms with Gasteiger partial charge in [-0.2, -0.15) is 0 Å². The fourth-order valence-electron chi connectivity index (χ4n) is 2.46. The Kier molecular flexibility index (Phi) is 10.3. The Bertz CT molecular complexity index is 933. The average molecular weight is 456 g/mol. The quantitative estimate of drug-likeness (QED) is 0.269. The normalized spacial score (nSPS) is 10.8. The molecule has 0 bridgehead atoms. The van der Waals surface area contributed by atoms with E-state index >= 15 is 0 Å². The predicted octanol–water partition coefficient (Wildman–Crippen LogP) is 4.91. The van der Waals surface area contributed by atoms with Gasteiger partial charge in [0.15, 0.2) is 0 Å². The van der Waals surface area contributed by atoms with E-state index < -0.39 is 8.60 Å². The van der Waals surface area contributed by atoms with Crippen LogP contribution in [0.1, 0.15) is 13.8 Å². The van der Waals surface area contributed by atoms with Crippen molar-refractivity contribution in [3.8, 4) is 22.6 Å². The van der Waals surface area contributed by atoms with Gasteiger partial charge in [0.1, 0.15) is 11.5 Å². The maximum atomic E-state index is 10.4. The van der Waals surface area contributed by atoms with Gasteiger partial charge < -0.3 is 30.1 Å². The molecule has 3 aromatic rings. The van der Waals surface area contributed by atoms with E-state index in [-0.39, 0.29) is 12.0 Å². The van der Waals surface area contributed by atoms with E-state index in [9.17, 15) is 4.79 Å². The SMILES string of the molecule is CC(C)(CN)COP(O)O.O=CNc1ccc(Oc2ccc(-c3ccccc3)cc2)cc1. The number of rotatable bonds is 9. The number of carbonyl (C=O) groups excluding carboxylic acids is 1. The molecule has 32 heavy (non-hydrogen) atoms. The van der Waals surface area contributed by atoms with Crippen molar-refractivity contribution in [2.75, 3.05) is 18.5 Å². The monoisotopic (exact) mass is 456 g/mol. The van der Waals surface area contributed by atoms with Gasteiger partial charge in [-0.05, 0) is 54.1 Å². The van der Waals surface area contributed by atoms with Crippen molar-refractivity contribution in [1.29, 1.82) is 0 Å². The first-order valence-corrected chi connectivity index (χ1v) is 11.1. The molecule has 0 heterocycles. The molecule has 0 aliphatic heterocycles. The number of nitrogens with two attached hydrogens (primary N) is 1. The minimum Gasteiger partial charge on any atom is -0.457 e. The standard InChI is InChI=1S/C19H15NO2.C5H14NO3P/c21-14-20-17-8-12-19(13-9-17)22-18-10-6-16(7-11-18)15-4-2-1-3-5-15;1-5(2,3-6)4-9-10(7)8/h1-14H,(H,20,21);7-8H,3-4,6H2,1-2H3. The highest BCUT2D eigenvalue weighted by atomic mass is 31.2. The molecule has 0 radical (unpaired) electrons. The predicted molar refractivity (Wildman–Crippen MR) is 128 cm³/mol. The van der Waals surface area contributed by atoms with E-state index in [1.165, 1.54) is 5.56 Å². The first kappa shape index (κ1) is 25.5. The van der Waals surface area contributed by atoms with Crippen LogP contribution in [0, 0.1) is 5.41 Å². The van der Waals surface area contributed by atoms with Crippen LogP contribution < -0.4 is 15.8 Å². The Morgan fingerprint density at radius 2 is 1.44 bits per heavy atom. The lowest BCUT2D eigenvalue weighted by atomic mass is 9.96. The molecule has 0 aromatic heterocycles. The van der Waals surface area contributed by atoms with Crippen molar-refractivity contribution < 1.29 is 23.8 Å². The molecule has 3 aromatic carbocycles. The van der Waals surface area contributed by atoms with Crippen molar-refractivity contribution in [1.82, 2.24) is 0 Å². The van der Waals surface area contributed by atoms with Crippen molar-refractivity contribution in [2.45, 2.75) is 13.8 Å². The third-order valence-electron chi connectivity index (χ3n) is 4.40. The molecule has 1 amide bonds. The summed E-state index contributed by atoms with van der Waals surface area (Å²) in [5.41, 5.74) is 8.25. The second-order valence-corrected chi connectivity index (χ2v) is 8.44. The van der Waals surface area contributed by atoms with Crippen LogP contribution in [0.5, 0.6) is 11.5 Å². The molecule has 0 fully saturated rings. The van der Waals surface area contributed by atoms with Gasteiger partial charge in [-0.25, -0.2) is 0 Å². The molecule has 0 saturated carbocycles. The molecule has 0 aliphatic rings. The van der Waals surface area contributed by atoms with Crippen LogP contribution in [0.25, 0.3) is 11.1 Å². The fourth-order valence-corrected chi connectivity index (χ4v) is 2.93. The Morgan fingerprint density at radius 3 is 1.94 bits per heavy atom. The maximum absolute atomic E-state index is 10.4. The molecule has 170 valence electrons.